The zero-order valence-corrected chi connectivity index (χ0v) is 13.2. The van der Waals surface area contributed by atoms with Gasteiger partial charge in [0.2, 0.25) is 0 Å². The number of alkyl halides is 3. The SMILES string of the molecule is O=C1c2ccccc2C(=O)N1CC/C=C(/F)COS(=O)(=O)C(F)(F)F. The Morgan fingerprint density at radius 3 is 2.12 bits per heavy atom. The highest BCUT2D eigenvalue weighted by Gasteiger charge is 2.47. The zero-order chi connectivity index (χ0) is 18.8. The Labute approximate surface area is 139 Å². The molecule has 1 aromatic rings. The molecule has 0 unspecified atom stereocenters. The van der Waals surface area contributed by atoms with E-state index in [-0.39, 0.29) is 24.1 Å². The van der Waals surface area contributed by atoms with Crippen molar-refractivity contribution in [3.05, 3.63) is 47.3 Å². The molecule has 136 valence electrons. The molecule has 11 heteroatoms. The fourth-order valence-electron chi connectivity index (χ4n) is 2.05. The normalized spacial score (nSPS) is 15.7. The van der Waals surface area contributed by atoms with Crippen molar-refractivity contribution in [2.75, 3.05) is 13.2 Å². The second kappa shape index (κ2) is 6.92. The van der Waals surface area contributed by atoms with Crippen molar-refractivity contribution in [3.8, 4) is 0 Å². The summed E-state index contributed by atoms with van der Waals surface area (Å²) in [6, 6.07) is 6.07. The monoisotopic (exact) mass is 381 g/mol. The summed E-state index contributed by atoms with van der Waals surface area (Å²) in [5.41, 5.74) is -5.24. The zero-order valence-electron chi connectivity index (χ0n) is 12.4. The standard InChI is InChI=1S/C14H11F4NO5S/c15-9(8-24-25(22,23)14(16,17)18)4-3-7-19-12(20)10-5-1-2-6-11(10)13(19)21/h1-2,4-6H,3,7-8H2/b9-4+. The first-order valence-electron chi connectivity index (χ1n) is 6.80. The van der Waals surface area contributed by atoms with Crippen molar-refractivity contribution in [1.82, 2.24) is 4.90 Å². The third-order valence-electron chi connectivity index (χ3n) is 3.23. The molecular weight excluding hydrogens is 370 g/mol. The maximum absolute atomic E-state index is 13.4. The molecule has 6 nitrogen and oxygen atoms in total. The lowest BCUT2D eigenvalue weighted by atomic mass is 10.1. The molecule has 1 aromatic carbocycles. The number of hydrogen-bond acceptors (Lipinski definition) is 5. The van der Waals surface area contributed by atoms with Gasteiger partial charge in [0.1, 0.15) is 12.4 Å². The first-order valence-corrected chi connectivity index (χ1v) is 8.21. The predicted octanol–water partition coefficient (Wildman–Crippen LogP) is 2.39. The van der Waals surface area contributed by atoms with Crippen molar-refractivity contribution in [1.29, 1.82) is 0 Å². The van der Waals surface area contributed by atoms with Crippen LogP contribution >= 0.6 is 0 Å². The van der Waals surface area contributed by atoms with E-state index in [0.717, 1.165) is 11.0 Å². The lowest BCUT2D eigenvalue weighted by Crippen LogP contribution is -2.30. The summed E-state index contributed by atoms with van der Waals surface area (Å²) in [5, 5.41) is 0. The maximum atomic E-state index is 13.4. The van der Waals surface area contributed by atoms with Crippen molar-refractivity contribution >= 4 is 21.9 Å². The molecule has 0 aliphatic carbocycles. The number of fused-ring (bicyclic) bond motifs is 1. The van der Waals surface area contributed by atoms with E-state index in [0.29, 0.717) is 0 Å². The van der Waals surface area contributed by atoms with E-state index >= 15 is 0 Å². The summed E-state index contributed by atoms with van der Waals surface area (Å²) in [7, 11) is -5.89. The fourth-order valence-corrected chi connectivity index (χ4v) is 2.45. The summed E-state index contributed by atoms with van der Waals surface area (Å²) >= 11 is 0. The predicted molar refractivity (Wildman–Crippen MR) is 76.5 cm³/mol. The number of nitrogens with zero attached hydrogens (tertiary/aromatic N) is 1. The molecule has 0 N–H and O–H groups in total. The first-order chi connectivity index (χ1) is 11.5. The Balaban J connectivity index is 1.92. The van der Waals surface area contributed by atoms with Crippen LogP contribution in [0.5, 0.6) is 0 Å². The van der Waals surface area contributed by atoms with Crippen LogP contribution in [0.1, 0.15) is 27.1 Å². The first kappa shape index (κ1) is 19.1. The summed E-state index contributed by atoms with van der Waals surface area (Å²) in [6.07, 6.45) is 0.530. The molecule has 0 bridgehead atoms. The third kappa shape index (κ3) is 4.04. The third-order valence-corrected chi connectivity index (χ3v) is 4.23. The Morgan fingerprint density at radius 2 is 1.64 bits per heavy atom. The van der Waals surface area contributed by atoms with E-state index in [1.165, 1.54) is 12.1 Å². The van der Waals surface area contributed by atoms with E-state index in [1.54, 1.807) is 12.1 Å². The van der Waals surface area contributed by atoms with E-state index in [9.17, 15) is 35.6 Å². The highest BCUT2D eigenvalue weighted by Crippen LogP contribution is 2.25. The highest BCUT2D eigenvalue weighted by molar-refractivity contribution is 7.87. The van der Waals surface area contributed by atoms with Gasteiger partial charge in [-0.25, -0.2) is 4.39 Å². The van der Waals surface area contributed by atoms with E-state index in [4.69, 9.17) is 0 Å². The molecule has 0 spiro atoms. The quantitative estimate of drug-likeness (QED) is 0.327. The van der Waals surface area contributed by atoms with Crippen LogP contribution < -0.4 is 0 Å². The number of rotatable bonds is 6. The summed E-state index contributed by atoms with van der Waals surface area (Å²) in [5.74, 6) is -2.40. The molecule has 1 aliphatic rings. The van der Waals surface area contributed by atoms with Crippen molar-refractivity contribution in [2.45, 2.75) is 11.9 Å². The minimum absolute atomic E-state index is 0.205. The molecule has 1 heterocycles. The molecule has 0 fully saturated rings. The van der Waals surface area contributed by atoms with Gasteiger partial charge in [-0.05, 0) is 24.6 Å². The largest absolute Gasteiger partial charge is 0.523 e. The van der Waals surface area contributed by atoms with Crippen LogP contribution in [0.25, 0.3) is 0 Å². The van der Waals surface area contributed by atoms with Gasteiger partial charge in [0.25, 0.3) is 11.8 Å². The van der Waals surface area contributed by atoms with Crippen molar-refractivity contribution in [2.24, 2.45) is 0 Å². The van der Waals surface area contributed by atoms with E-state index < -0.39 is 39.9 Å². The van der Waals surface area contributed by atoms with Gasteiger partial charge in [0.15, 0.2) is 0 Å². The van der Waals surface area contributed by atoms with Gasteiger partial charge in [-0.3, -0.25) is 18.7 Å². The van der Waals surface area contributed by atoms with Gasteiger partial charge in [-0.15, -0.1) is 0 Å². The molecule has 25 heavy (non-hydrogen) atoms. The molecule has 0 aromatic heterocycles. The number of halogens is 4. The summed E-state index contributed by atoms with van der Waals surface area (Å²) in [6.45, 7) is -1.64. The molecule has 2 rings (SSSR count). The molecule has 1 aliphatic heterocycles. The smallest absolute Gasteiger partial charge is 0.274 e. The van der Waals surface area contributed by atoms with Gasteiger partial charge >= 0.3 is 15.6 Å². The number of amides is 2. The number of benzene rings is 1. The van der Waals surface area contributed by atoms with Gasteiger partial charge in [-0.1, -0.05) is 12.1 Å². The number of imide groups is 1. The van der Waals surface area contributed by atoms with Gasteiger partial charge in [0, 0.05) is 6.54 Å². The minimum Gasteiger partial charge on any atom is -0.274 e. The summed E-state index contributed by atoms with van der Waals surface area (Å²) < 4.78 is 74.2. The summed E-state index contributed by atoms with van der Waals surface area (Å²) in [4.78, 5) is 24.9. The Kier molecular flexibility index (Phi) is 5.28. The van der Waals surface area contributed by atoms with Crippen LogP contribution in [0.2, 0.25) is 0 Å². The average Bonchev–Trinajstić information content (AvgIpc) is 2.77. The Morgan fingerprint density at radius 1 is 1.12 bits per heavy atom. The van der Waals surface area contributed by atoms with Gasteiger partial charge < -0.3 is 0 Å². The molecule has 0 radical (unpaired) electrons. The average molecular weight is 381 g/mol. The lowest BCUT2D eigenvalue weighted by molar-refractivity contribution is -0.0538. The van der Waals surface area contributed by atoms with Crippen LogP contribution in [-0.2, 0) is 14.3 Å². The molecular formula is C14H11F4NO5S. The second-order valence-corrected chi connectivity index (χ2v) is 6.52. The number of hydrogen-bond donors (Lipinski definition) is 0. The Hall–Kier alpha value is -2.27. The number of carbonyl (C=O) groups excluding carboxylic acids is 2. The molecule has 0 saturated carbocycles. The van der Waals surface area contributed by atoms with Gasteiger partial charge in [-0.2, -0.15) is 21.6 Å². The van der Waals surface area contributed by atoms with Crippen molar-refractivity contribution < 1.29 is 39.8 Å². The minimum atomic E-state index is -5.89. The molecule has 2 amide bonds. The van der Waals surface area contributed by atoms with Crippen LogP contribution in [-0.4, -0.2) is 43.8 Å². The molecule has 0 atom stereocenters. The van der Waals surface area contributed by atoms with Gasteiger partial charge in [0.05, 0.1) is 11.1 Å². The number of carbonyl (C=O) groups is 2. The maximum Gasteiger partial charge on any atom is 0.523 e. The lowest BCUT2D eigenvalue weighted by Gasteiger charge is -2.12. The van der Waals surface area contributed by atoms with Crippen LogP contribution in [0.3, 0.4) is 0 Å². The highest BCUT2D eigenvalue weighted by atomic mass is 32.2. The molecule has 0 saturated heterocycles. The van der Waals surface area contributed by atoms with Crippen LogP contribution in [0.15, 0.2) is 36.2 Å². The van der Waals surface area contributed by atoms with Crippen molar-refractivity contribution in [3.63, 3.8) is 0 Å². The van der Waals surface area contributed by atoms with E-state index in [2.05, 4.69) is 4.18 Å². The fraction of sp³-hybridized carbons (Fsp3) is 0.286. The van der Waals surface area contributed by atoms with E-state index in [1.807, 2.05) is 0 Å². The second-order valence-electron chi connectivity index (χ2n) is 4.91. The topological polar surface area (TPSA) is 80.8 Å². The Bertz CT molecular complexity index is 797. The van der Waals surface area contributed by atoms with Crippen LogP contribution in [0.4, 0.5) is 17.6 Å². The van der Waals surface area contributed by atoms with Crippen LogP contribution in [0, 0.1) is 0 Å².